The maximum absolute atomic E-state index is 11.8. The van der Waals surface area contributed by atoms with Crippen LogP contribution in [0.2, 0.25) is 10.0 Å². The van der Waals surface area contributed by atoms with E-state index < -0.39 is 0 Å². The Hall–Kier alpha value is -0.570. The van der Waals surface area contributed by atoms with Gasteiger partial charge in [-0.05, 0) is 31.2 Å². The largest absolute Gasteiger partial charge is 0.330 e. The number of Topliss-reactive ketones (excluding diaryl/α,β-unsaturated/α-hetero) is 1. The predicted molar refractivity (Wildman–Crippen MR) is 63.6 cm³/mol. The average Bonchev–Trinajstić information content (AvgIpc) is 2.21. The first-order valence-electron chi connectivity index (χ1n) is 4.75. The summed E-state index contributed by atoms with van der Waals surface area (Å²) in [6, 6.07) is 4.91. The number of hydrogen-bond donors (Lipinski definition) is 1. The molecule has 0 fully saturated rings. The van der Waals surface area contributed by atoms with Gasteiger partial charge in [0.15, 0.2) is 5.78 Å². The van der Waals surface area contributed by atoms with Gasteiger partial charge in [-0.25, -0.2) is 0 Å². The lowest BCUT2D eigenvalue weighted by atomic mass is 9.96. The quantitative estimate of drug-likeness (QED) is 0.829. The second kappa shape index (κ2) is 5.50. The smallest absolute Gasteiger partial charge is 0.165 e. The molecule has 2 N–H and O–H groups in total. The van der Waals surface area contributed by atoms with E-state index in [9.17, 15) is 4.79 Å². The molecule has 82 valence electrons. The average molecular weight is 246 g/mol. The van der Waals surface area contributed by atoms with E-state index in [1.165, 1.54) is 0 Å². The maximum Gasteiger partial charge on any atom is 0.165 e. The topological polar surface area (TPSA) is 43.1 Å². The van der Waals surface area contributed by atoms with E-state index in [0.717, 1.165) is 0 Å². The molecular weight excluding hydrogens is 233 g/mol. The summed E-state index contributed by atoms with van der Waals surface area (Å²) in [5.41, 5.74) is 5.99. The van der Waals surface area contributed by atoms with Crippen LogP contribution in [0, 0.1) is 5.92 Å². The first-order valence-corrected chi connectivity index (χ1v) is 5.51. The molecule has 2 nitrogen and oxygen atoms in total. The Morgan fingerprint density at radius 3 is 2.60 bits per heavy atom. The first-order chi connectivity index (χ1) is 7.06. The highest BCUT2D eigenvalue weighted by Gasteiger charge is 2.15. The van der Waals surface area contributed by atoms with Crippen molar-refractivity contribution < 1.29 is 4.79 Å². The third-order valence-electron chi connectivity index (χ3n) is 2.25. The van der Waals surface area contributed by atoms with Crippen LogP contribution in [0.25, 0.3) is 0 Å². The summed E-state index contributed by atoms with van der Waals surface area (Å²) in [7, 11) is 0. The fourth-order valence-electron chi connectivity index (χ4n) is 1.32. The van der Waals surface area contributed by atoms with Crippen molar-refractivity contribution in [3.63, 3.8) is 0 Å². The second-order valence-corrected chi connectivity index (χ2v) is 4.29. The van der Waals surface area contributed by atoms with Crippen molar-refractivity contribution in [1.82, 2.24) is 0 Å². The Kier molecular flexibility index (Phi) is 4.58. The summed E-state index contributed by atoms with van der Waals surface area (Å²) in [5.74, 6) is -0.0220. The van der Waals surface area contributed by atoms with Gasteiger partial charge in [0.1, 0.15) is 0 Å². The van der Waals surface area contributed by atoms with E-state index in [1.807, 2.05) is 6.92 Å². The van der Waals surface area contributed by atoms with E-state index in [0.29, 0.717) is 28.6 Å². The van der Waals surface area contributed by atoms with Gasteiger partial charge in [0.05, 0.1) is 10.0 Å². The summed E-state index contributed by atoms with van der Waals surface area (Å²) in [6.07, 6.45) is 0.680. The lowest BCUT2D eigenvalue weighted by molar-refractivity contribution is 0.0925. The molecule has 1 rings (SSSR count). The number of nitrogens with two attached hydrogens (primary N) is 1. The van der Waals surface area contributed by atoms with Gasteiger partial charge in [0.25, 0.3) is 0 Å². The Bertz CT molecular complexity index is 366. The molecule has 1 atom stereocenters. The van der Waals surface area contributed by atoms with Crippen LogP contribution in [0.5, 0.6) is 0 Å². The Morgan fingerprint density at radius 2 is 2.07 bits per heavy atom. The Labute approximate surface area is 99.4 Å². The number of rotatable bonds is 4. The Balaban J connectivity index is 2.87. The molecule has 0 spiro atoms. The maximum atomic E-state index is 11.8. The second-order valence-electron chi connectivity index (χ2n) is 3.47. The molecule has 1 aromatic rings. The third-order valence-corrected chi connectivity index (χ3v) is 2.99. The molecule has 4 heteroatoms. The molecule has 0 radical (unpaired) electrons. The summed E-state index contributed by atoms with van der Waals surface area (Å²) in [4.78, 5) is 11.8. The standard InChI is InChI=1S/C11H13Cl2NO/c1-7(4-5-14)11(15)8-2-3-9(12)10(13)6-8/h2-3,6-7H,4-5,14H2,1H3. The van der Waals surface area contributed by atoms with Crippen LogP contribution >= 0.6 is 23.2 Å². The minimum Gasteiger partial charge on any atom is -0.330 e. The number of carbonyl (C=O) groups is 1. The molecule has 1 unspecified atom stereocenters. The van der Waals surface area contributed by atoms with Gasteiger partial charge in [0.2, 0.25) is 0 Å². The van der Waals surface area contributed by atoms with Crippen molar-refractivity contribution in [2.24, 2.45) is 11.7 Å². The zero-order valence-corrected chi connectivity index (χ0v) is 9.98. The van der Waals surface area contributed by atoms with Gasteiger partial charge in [-0.3, -0.25) is 4.79 Å². The third kappa shape index (κ3) is 3.20. The highest BCUT2D eigenvalue weighted by atomic mass is 35.5. The normalized spacial score (nSPS) is 12.5. The van der Waals surface area contributed by atoms with Gasteiger partial charge in [0, 0.05) is 11.5 Å². The molecule has 0 saturated heterocycles. The first kappa shape index (κ1) is 12.5. The monoisotopic (exact) mass is 245 g/mol. The van der Waals surface area contributed by atoms with Crippen LogP contribution in [0.3, 0.4) is 0 Å². The molecule has 15 heavy (non-hydrogen) atoms. The van der Waals surface area contributed by atoms with Crippen molar-refractivity contribution in [2.75, 3.05) is 6.54 Å². The van der Waals surface area contributed by atoms with Crippen molar-refractivity contribution in [1.29, 1.82) is 0 Å². The molecule has 0 aromatic heterocycles. The van der Waals surface area contributed by atoms with Crippen LogP contribution in [-0.2, 0) is 0 Å². The minimum absolute atomic E-state index is 0.0546. The highest BCUT2D eigenvalue weighted by molar-refractivity contribution is 6.42. The van der Waals surface area contributed by atoms with Crippen molar-refractivity contribution in [3.05, 3.63) is 33.8 Å². The van der Waals surface area contributed by atoms with Crippen LogP contribution in [-0.4, -0.2) is 12.3 Å². The fourth-order valence-corrected chi connectivity index (χ4v) is 1.61. The van der Waals surface area contributed by atoms with Gasteiger partial charge >= 0.3 is 0 Å². The molecule has 0 aliphatic rings. The molecule has 1 aromatic carbocycles. The zero-order chi connectivity index (χ0) is 11.4. The molecule has 0 aliphatic carbocycles. The van der Waals surface area contributed by atoms with Crippen molar-refractivity contribution in [3.8, 4) is 0 Å². The minimum atomic E-state index is -0.0766. The number of halogens is 2. The number of hydrogen-bond acceptors (Lipinski definition) is 2. The van der Waals surface area contributed by atoms with E-state index in [1.54, 1.807) is 18.2 Å². The molecule has 0 aliphatic heterocycles. The number of benzene rings is 1. The van der Waals surface area contributed by atoms with Crippen LogP contribution < -0.4 is 5.73 Å². The van der Waals surface area contributed by atoms with Crippen molar-refractivity contribution >= 4 is 29.0 Å². The van der Waals surface area contributed by atoms with Crippen LogP contribution in [0.4, 0.5) is 0 Å². The molecule has 0 heterocycles. The summed E-state index contributed by atoms with van der Waals surface area (Å²) in [5, 5.41) is 0.863. The Morgan fingerprint density at radius 1 is 1.40 bits per heavy atom. The summed E-state index contributed by atoms with van der Waals surface area (Å²) >= 11 is 11.6. The lowest BCUT2D eigenvalue weighted by Gasteiger charge is -2.09. The van der Waals surface area contributed by atoms with Gasteiger partial charge in [-0.1, -0.05) is 30.1 Å². The summed E-state index contributed by atoms with van der Waals surface area (Å²) < 4.78 is 0. The van der Waals surface area contributed by atoms with E-state index in [4.69, 9.17) is 28.9 Å². The zero-order valence-electron chi connectivity index (χ0n) is 8.47. The van der Waals surface area contributed by atoms with E-state index in [-0.39, 0.29) is 11.7 Å². The molecule has 0 saturated carbocycles. The SMILES string of the molecule is CC(CCN)C(=O)c1ccc(Cl)c(Cl)c1. The van der Waals surface area contributed by atoms with Crippen molar-refractivity contribution in [2.45, 2.75) is 13.3 Å². The van der Waals surface area contributed by atoms with E-state index in [2.05, 4.69) is 0 Å². The van der Waals surface area contributed by atoms with Crippen LogP contribution in [0.15, 0.2) is 18.2 Å². The fraction of sp³-hybridized carbons (Fsp3) is 0.364. The highest BCUT2D eigenvalue weighted by Crippen LogP contribution is 2.24. The number of carbonyl (C=O) groups excluding carboxylic acids is 1. The molecule has 0 bridgehead atoms. The van der Waals surface area contributed by atoms with Gasteiger partial charge < -0.3 is 5.73 Å². The summed E-state index contributed by atoms with van der Waals surface area (Å²) in [6.45, 7) is 2.37. The number of ketones is 1. The predicted octanol–water partition coefficient (Wildman–Crippen LogP) is 3.16. The van der Waals surface area contributed by atoms with Gasteiger partial charge in [-0.15, -0.1) is 0 Å². The molecule has 0 amide bonds. The van der Waals surface area contributed by atoms with Gasteiger partial charge in [-0.2, -0.15) is 0 Å². The van der Waals surface area contributed by atoms with E-state index >= 15 is 0 Å². The lowest BCUT2D eigenvalue weighted by Crippen LogP contribution is -2.15. The van der Waals surface area contributed by atoms with Crippen LogP contribution in [0.1, 0.15) is 23.7 Å². The molecular formula is C11H13Cl2NO.